The maximum atomic E-state index is 5.49. The number of aromatic nitrogens is 1. The lowest BCUT2D eigenvalue weighted by molar-refractivity contribution is 0.415. The van der Waals surface area contributed by atoms with Crippen LogP contribution in [0.4, 0.5) is 0 Å². The molecular weight excluding hydrogens is 426 g/mol. The number of hydrogen-bond donors (Lipinski definition) is 1. The van der Waals surface area contributed by atoms with Crippen molar-refractivity contribution in [2.75, 3.05) is 7.11 Å². The van der Waals surface area contributed by atoms with Crippen molar-refractivity contribution in [3.63, 3.8) is 0 Å². The summed E-state index contributed by atoms with van der Waals surface area (Å²) in [4.78, 5) is 3.73. The van der Waals surface area contributed by atoms with E-state index in [1.54, 1.807) is 7.11 Å². The van der Waals surface area contributed by atoms with Gasteiger partial charge in [0.2, 0.25) is 0 Å². The number of nitrogens with one attached hydrogen (secondary N) is 1. The van der Waals surface area contributed by atoms with Gasteiger partial charge in [0.05, 0.1) is 18.1 Å². The molecule has 2 nitrogen and oxygen atoms in total. The molecule has 7 rings (SSSR count). The summed E-state index contributed by atoms with van der Waals surface area (Å²) in [6.45, 7) is 0. The van der Waals surface area contributed by atoms with E-state index in [2.05, 4.69) is 114 Å². The van der Waals surface area contributed by atoms with Crippen molar-refractivity contribution in [1.82, 2.24) is 4.98 Å². The maximum Gasteiger partial charge on any atom is 0.120 e. The first-order chi connectivity index (χ1) is 17.3. The third kappa shape index (κ3) is 3.04. The molecule has 0 saturated heterocycles. The van der Waals surface area contributed by atoms with E-state index in [4.69, 9.17) is 4.74 Å². The van der Waals surface area contributed by atoms with E-state index >= 15 is 0 Å². The maximum absolute atomic E-state index is 5.49. The zero-order chi connectivity index (χ0) is 23.4. The molecule has 7 aromatic rings. The van der Waals surface area contributed by atoms with Crippen LogP contribution < -0.4 is 4.74 Å². The molecule has 2 heteroatoms. The molecule has 0 spiro atoms. The third-order valence-corrected chi connectivity index (χ3v) is 7.08. The molecular formula is C33H23NO. The summed E-state index contributed by atoms with van der Waals surface area (Å²) in [7, 11) is 1.71. The predicted octanol–water partition coefficient (Wildman–Crippen LogP) is 8.97. The second-order valence-electron chi connectivity index (χ2n) is 9.01. The highest BCUT2D eigenvalue weighted by Crippen LogP contribution is 2.44. The number of hydrogen-bond acceptors (Lipinski definition) is 1. The minimum Gasteiger partial charge on any atom is -0.497 e. The molecule has 0 aliphatic carbocycles. The average Bonchev–Trinajstić information content (AvgIpc) is 3.30. The molecule has 0 fully saturated rings. The van der Waals surface area contributed by atoms with Crippen LogP contribution in [0.5, 0.6) is 5.75 Å². The summed E-state index contributed by atoms with van der Waals surface area (Å²) in [6, 6.07) is 41.2. The minimum atomic E-state index is 0.854. The van der Waals surface area contributed by atoms with Crippen LogP contribution in [0.1, 0.15) is 0 Å². The summed E-state index contributed by atoms with van der Waals surface area (Å²) in [6.07, 6.45) is 0. The quantitative estimate of drug-likeness (QED) is 0.268. The second kappa shape index (κ2) is 7.75. The summed E-state index contributed by atoms with van der Waals surface area (Å²) >= 11 is 0. The lowest BCUT2D eigenvalue weighted by Gasteiger charge is -2.16. The summed E-state index contributed by atoms with van der Waals surface area (Å²) in [5, 5.41) is 7.45. The van der Waals surface area contributed by atoms with Crippen molar-refractivity contribution < 1.29 is 4.74 Å². The molecule has 1 aromatic heterocycles. The minimum absolute atomic E-state index is 0.854. The van der Waals surface area contributed by atoms with E-state index in [1.807, 2.05) is 6.07 Å². The van der Waals surface area contributed by atoms with Gasteiger partial charge in [-0.3, -0.25) is 0 Å². The molecule has 6 aromatic carbocycles. The number of fused-ring (bicyclic) bond motifs is 5. The molecule has 0 unspecified atom stereocenters. The summed E-state index contributed by atoms with van der Waals surface area (Å²) in [5.41, 5.74) is 7.18. The number of methoxy groups -OCH3 is 1. The van der Waals surface area contributed by atoms with E-state index in [0.717, 1.165) is 16.8 Å². The van der Waals surface area contributed by atoms with Crippen LogP contribution in [0.3, 0.4) is 0 Å². The predicted molar refractivity (Wildman–Crippen MR) is 148 cm³/mol. The van der Waals surface area contributed by atoms with Gasteiger partial charge in [-0.15, -0.1) is 0 Å². The third-order valence-electron chi connectivity index (χ3n) is 7.08. The van der Waals surface area contributed by atoms with Crippen LogP contribution in [0.2, 0.25) is 0 Å². The van der Waals surface area contributed by atoms with Crippen molar-refractivity contribution in [3.8, 4) is 28.0 Å². The van der Waals surface area contributed by atoms with Gasteiger partial charge in [0.1, 0.15) is 5.75 Å². The van der Waals surface area contributed by atoms with Crippen LogP contribution in [0.15, 0.2) is 115 Å². The van der Waals surface area contributed by atoms with Gasteiger partial charge < -0.3 is 9.72 Å². The van der Waals surface area contributed by atoms with Gasteiger partial charge in [-0.05, 0) is 50.9 Å². The molecule has 0 saturated carbocycles. The molecule has 35 heavy (non-hydrogen) atoms. The van der Waals surface area contributed by atoms with Gasteiger partial charge in [0.15, 0.2) is 0 Å². The van der Waals surface area contributed by atoms with Crippen molar-refractivity contribution >= 4 is 43.4 Å². The van der Waals surface area contributed by atoms with E-state index in [9.17, 15) is 0 Å². The van der Waals surface area contributed by atoms with Crippen LogP contribution in [0.25, 0.3) is 65.6 Å². The molecule has 1 N–H and O–H groups in total. The molecule has 166 valence electrons. The van der Waals surface area contributed by atoms with Crippen molar-refractivity contribution in [2.45, 2.75) is 0 Å². The Hall–Kier alpha value is -4.56. The van der Waals surface area contributed by atoms with Crippen molar-refractivity contribution in [1.29, 1.82) is 0 Å². The largest absolute Gasteiger partial charge is 0.497 e. The molecule has 0 aliphatic rings. The smallest absolute Gasteiger partial charge is 0.120 e. The Balaban J connectivity index is 1.67. The first-order valence-corrected chi connectivity index (χ1v) is 11.9. The number of aromatic amines is 1. The Bertz CT molecular complexity index is 1880. The molecule has 0 amide bonds. The van der Waals surface area contributed by atoms with Crippen molar-refractivity contribution in [2.24, 2.45) is 0 Å². The Labute approximate surface area is 203 Å². The lowest BCUT2D eigenvalue weighted by Crippen LogP contribution is -1.90. The van der Waals surface area contributed by atoms with Crippen LogP contribution in [0, 0.1) is 0 Å². The number of H-pyrrole nitrogens is 1. The van der Waals surface area contributed by atoms with Crippen LogP contribution >= 0.6 is 0 Å². The van der Waals surface area contributed by atoms with E-state index in [-0.39, 0.29) is 0 Å². The zero-order valence-electron chi connectivity index (χ0n) is 19.4. The Morgan fingerprint density at radius 1 is 0.571 bits per heavy atom. The lowest BCUT2D eigenvalue weighted by atomic mass is 9.87. The standard InChI is InChI=1S/C33H23NO/c1-35-24-17-18-27-28-15-8-16-29(33(28)34-30(27)20-24)32-26-13-6-5-11-22(26)19-23-12-7-14-25(31(23)32)21-9-3-2-4-10-21/h2-20,34H,1H3. The number of benzene rings is 6. The Kier molecular flexibility index (Phi) is 4.40. The van der Waals surface area contributed by atoms with Gasteiger partial charge >= 0.3 is 0 Å². The van der Waals surface area contributed by atoms with Crippen LogP contribution in [-0.4, -0.2) is 12.1 Å². The Morgan fingerprint density at radius 3 is 2.20 bits per heavy atom. The van der Waals surface area contributed by atoms with Gasteiger partial charge in [0.25, 0.3) is 0 Å². The number of ether oxygens (including phenoxy) is 1. The van der Waals surface area contributed by atoms with Crippen molar-refractivity contribution in [3.05, 3.63) is 115 Å². The molecule has 0 bridgehead atoms. The highest BCUT2D eigenvalue weighted by atomic mass is 16.5. The molecule has 0 aliphatic heterocycles. The first kappa shape index (κ1) is 19.9. The monoisotopic (exact) mass is 449 g/mol. The highest BCUT2D eigenvalue weighted by molar-refractivity contribution is 6.22. The van der Waals surface area contributed by atoms with E-state index < -0.39 is 0 Å². The van der Waals surface area contributed by atoms with Crippen LogP contribution in [-0.2, 0) is 0 Å². The fraction of sp³-hybridized carbons (Fsp3) is 0.0303. The number of para-hydroxylation sites is 1. The topological polar surface area (TPSA) is 25.0 Å². The molecule has 0 radical (unpaired) electrons. The Morgan fingerprint density at radius 2 is 1.31 bits per heavy atom. The highest BCUT2D eigenvalue weighted by Gasteiger charge is 2.18. The van der Waals surface area contributed by atoms with E-state index in [0.29, 0.717) is 0 Å². The SMILES string of the molecule is COc1ccc2c(c1)[nH]c1c(-c3c4ccccc4cc4cccc(-c5ccccc5)c34)cccc12. The summed E-state index contributed by atoms with van der Waals surface area (Å²) in [5.74, 6) is 0.854. The second-order valence-corrected chi connectivity index (χ2v) is 9.01. The van der Waals surface area contributed by atoms with Gasteiger partial charge in [0, 0.05) is 28.0 Å². The zero-order valence-corrected chi connectivity index (χ0v) is 19.4. The van der Waals surface area contributed by atoms with Gasteiger partial charge in [-0.25, -0.2) is 0 Å². The normalized spacial score (nSPS) is 11.6. The van der Waals surface area contributed by atoms with E-state index in [1.165, 1.54) is 54.6 Å². The first-order valence-electron chi connectivity index (χ1n) is 11.9. The summed E-state index contributed by atoms with van der Waals surface area (Å²) < 4.78 is 5.49. The fourth-order valence-electron chi connectivity index (χ4n) is 5.50. The number of rotatable bonds is 3. The average molecular weight is 450 g/mol. The van der Waals surface area contributed by atoms with Gasteiger partial charge in [-0.2, -0.15) is 0 Å². The fourth-order valence-corrected chi connectivity index (χ4v) is 5.50. The molecule has 0 atom stereocenters. The molecule has 1 heterocycles. The van der Waals surface area contributed by atoms with Gasteiger partial charge in [-0.1, -0.05) is 91.0 Å².